The Hall–Kier alpha value is -0.250. The minimum atomic E-state index is -3.17. The molecule has 13 heavy (non-hydrogen) atoms. The molecule has 4 heteroatoms. The molecule has 0 spiro atoms. The van der Waals surface area contributed by atoms with Crippen molar-refractivity contribution in [1.29, 1.82) is 0 Å². The largest absolute Gasteiger partial charge is 0.303 e. The smallest absolute Gasteiger partial charge is 0.282 e. The number of hydrogen-bond acceptors (Lipinski definition) is 1. The summed E-state index contributed by atoms with van der Waals surface area (Å²) in [6.07, 6.45) is 0.387. The van der Waals surface area contributed by atoms with E-state index >= 15 is 0 Å². The van der Waals surface area contributed by atoms with Crippen molar-refractivity contribution in [3.63, 3.8) is 0 Å². The lowest BCUT2D eigenvalue weighted by Crippen LogP contribution is -2.42. The van der Waals surface area contributed by atoms with Gasteiger partial charge in [-0.2, -0.15) is 0 Å². The van der Waals surface area contributed by atoms with E-state index in [1.807, 2.05) is 11.8 Å². The Morgan fingerprint density at radius 3 is 2.46 bits per heavy atom. The molecule has 0 N–H and O–H groups in total. The van der Waals surface area contributed by atoms with Crippen LogP contribution < -0.4 is 0 Å². The topological polar surface area (TPSA) is 3.24 Å². The molecular weight excluding hydrogens is 179 g/mol. The number of nitrogens with zero attached hydrogens (tertiary/aromatic N) is 1. The zero-order valence-corrected chi connectivity index (χ0v) is 8.12. The highest BCUT2D eigenvalue weighted by atomic mass is 19.3. The first-order valence-corrected chi connectivity index (χ1v) is 4.61. The molecule has 1 fully saturated rings. The maximum Gasteiger partial charge on any atom is 0.282 e. The summed E-state index contributed by atoms with van der Waals surface area (Å²) in [6, 6.07) is 0. The fourth-order valence-corrected chi connectivity index (χ4v) is 1.79. The lowest BCUT2D eigenvalue weighted by molar-refractivity contribution is -0.122. The molecule has 0 bridgehead atoms. The number of rotatable bonds is 3. The molecule has 0 aliphatic carbocycles. The lowest BCUT2D eigenvalue weighted by atomic mass is 9.83. The maximum atomic E-state index is 13.2. The van der Waals surface area contributed by atoms with Crippen LogP contribution in [0.25, 0.3) is 0 Å². The van der Waals surface area contributed by atoms with Crippen LogP contribution in [0.5, 0.6) is 0 Å². The average molecular weight is 195 g/mol. The number of halogens is 3. The molecule has 1 heterocycles. The summed E-state index contributed by atoms with van der Waals surface area (Å²) >= 11 is 0. The van der Waals surface area contributed by atoms with Gasteiger partial charge in [-0.15, -0.1) is 0 Å². The van der Waals surface area contributed by atoms with Crippen LogP contribution in [0, 0.1) is 5.41 Å². The van der Waals surface area contributed by atoms with Crippen molar-refractivity contribution in [2.24, 2.45) is 5.41 Å². The van der Waals surface area contributed by atoms with Crippen LogP contribution in [0.3, 0.4) is 0 Å². The molecule has 0 aromatic rings. The van der Waals surface area contributed by atoms with Crippen molar-refractivity contribution in [1.82, 2.24) is 4.90 Å². The number of alkyl halides is 3. The molecule has 1 rings (SSSR count). The van der Waals surface area contributed by atoms with E-state index < -0.39 is 18.0 Å². The van der Waals surface area contributed by atoms with E-state index in [9.17, 15) is 13.2 Å². The molecule has 0 aromatic carbocycles. The van der Waals surface area contributed by atoms with Gasteiger partial charge in [0.25, 0.3) is 5.92 Å². The molecule has 1 aliphatic heterocycles. The molecule has 1 unspecified atom stereocenters. The van der Waals surface area contributed by atoms with Crippen LogP contribution in [0.4, 0.5) is 13.2 Å². The second-order valence-corrected chi connectivity index (χ2v) is 4.02. The molecule has 1 atom stereocenters. The molecule has 1 saturated heterocycles. The van der Waals surface area contributed by atoms with Gasteiger partial charge < -0.3 is 4.90 Å². The van der Waals surface area contributed by atoms with E-state index in [2.05, 4.69) is 0 Å². The fraction of sp³-hybridized carbons (Fsp3) is 1.00. The van der Waals surface area contributed by atoms with Crippen LogP contribution in [0.2, 0.25) is 0 Å². The number of hydrogen-bond donors (Lipinski definition) is 0. The standard InChI is InChI=1S/C9H16F3N/c1-3-13-5-4-8(2,7-13)9(11,12)6-10/h3-7H2,1-2H3. The zero-order valence-electron chi connectivity index (χ0n) is 8.12. The summed E-state index contributed by atoms with van der Waals surface area (Å²) in [5.41, 5.74) is -1.17. The third-order valence-electron chi connectivity index (χ3n) is 3.05. The van der Waals surface area contributed by atoms with Crippen LogP contribution in [-0.4, -0.2) is 37.1 Å². The summed E-state index contributed by atoms with van der Waals surface area (Å²) in [5, 5.41) is 0. The summed E-state index contributed by atoms with van der Waals surface area (Å²) in [6.45, 7) is 3.59. The highest BCUT2D eigenvalue weighted by Gasteiger charge is 2.53. The third-order valence-corrected chi connectivity index (χ3v) is 3.05. The van der Waals surface area contributed by atoms with Gasteiger partial charge in [-0.05, 0) is 19.5 Å². The Labute approximate surface area is 76.9 Å². The van der Waals surface area contributed by atoms with E-state index in [0.717, 1.165) is 6.54 Å². The summed E-state index contributed by atoms with van der Waals surface area (Å²) in [5.74, 6) is -3.17. The Morgan fingerprint density at radius 2 is 2.08 bits per heavy atom. The molecule has 0 amide bonds. The maximum absolute atomic E-state index is 13.2. The van der Waals surface area contributed by atoms with Gasteiger partial charge in [0.05, 0.1) is 0 Å². The number of likely N-dealkylation sites (tertiary alicyclic amines) is 1. The first kappa shape index (κ1) is 10.8. The predicted octanol–water partition coefficient (Wildman–Crippen LogP) is 2.32. The minimum Gasteiger partial charge on any atom is -0.303 e. The fourth-order valence-electron chi connectivity index (χ4n) is 1.79. The molecule has 78 valence electrons. The van der Waals surface area contributed by atoms with Crippen LogP contribution >= 0.6 is 0 Å². The third kappa shape index (κ3) is 1.82. The van der Waals surface area contributed by atoms with Gasteiger partial charge in [-0.1, -0.05) is 13.8 Å². The van der Waals surface area contributed by atoms with Gasteiger partial charge in [-0.3, -0.25) is 0 Å². The minimum absolute atomic E-state index is 0.306. The predicted molar refractivity (Wildman–Crippen MR) is 45.8 cm³/mol. The molecule has 1 aliphatic rings. The van der Waals surface area contributed by atoms with Crippen molar-refractivity contribution in [2.45, 2.75) is 26.2 Å². The van der Waals surface area contributed by atoms with E-state index in [0.29, 0.717) is 19.5 Å². The molecule has 1 nitrogen and oxygen atoms in total. The SMILES string of the molecule is CCN1CCC(C)(C(F)(F)CF)C1. The van der Waals surface area contributed by atoms with E-state index in [-0.39, 0.29) is 0 Å². The van der Waals surface area contributed by atoms with Gasteiger partial charge in [0.2, 0.25) is 0 Å². The summed E-state index contributed by atoms with van der Waals surface area (Å²) in [4.78, 5) is 1.93. The van der Waals surface area contributed by atoms with E-state index in [4.69, 9.17) is 0 Å². The summed E-state index contributed by atoms with van der Waals surface area (Å²) < 4.78 is 38.4. The van der Waals surface area contributed by atoms with Crippen LogP contribution in [0.15, 0.2) is 0 Å². The van der Waals surface area contributed by atoms with E-state index in [1.54, 1.807) is 0 Å². The zero-order chi connectivity index (χ0) is 10.1. The van der Waals surface area contributed by atoms with Crippen molar-refractivity contribution in [3.05, 3.63) is 0 Å². The second-order valence-electron chi connectivity index (χ2n) is 4.02. The van der Waals surface area contributed by atoms with Crippen LogP contribution in [0.1, 0.15) is 20.3 Å². The molecule has 0 aromatic heterocycles. The molecule has 0 saturated carbocycles. The quantitative estimate of drug-likeness (QED) is 0.668. The monoisotopic (exact) mass is 195 g/mol. The first-order valence-electron chi connectivity index (χ1n) is 4.61. The second kappa shape index (κ2) is 3.48. The van der Waals surface area contributed by atoms with Gasteiger partial charge >= 0.3 is 0 Å². The normalized spacial score (nSPS) is 31.2. The Bertz CT molecular complexity index is 184. The van der Waals surface area contributed by atoms with Crippen LogP contribution in [-0.2, 0) is 0 Å². The van der Waals surface area contributed by atoms with Crippen molar-refractivity contribution in [3.8, 4) is 0 Å². The summed E-state index contributed by atoms with van der Waals surface area (Å²) in [7, 11) is 0. The van der Waals surface area contributed by atoms with Crippen molar-refractivity contribution in [2.75, 3.05) is 26.3 Å². The van der Waals surface area contributed by atoms with Gasteiger partial charge in [0.15, 0.2) is 6.67 Å². The highest BCUT2D eigenvalue weighted by Crippen LogP contribution is 2.44. The highest BCUT2D eigenvalue weighted by molar-refractivity contribution is 4.96. The van der Waals surface area contributed by atoms with Gasteiger partial charge in [0, 0.05) is 12.0 Å². The lowest BCUT2D eigenvalue weighted by Gasteiger charge is -2.31. The van der Waals surface area contributed by atoms with Crippen molar-refractivity contribution >= 4 is 0 Å². The van der Waals surface area contributed by atoms with E-state index in [1.165, 1.54) is 6.92 Å². The average Bonchev–Trinajstić information content (AvgIpc) is 2.49. The molecular formula is C9H16F3N. The van der Waals surface area contributed by atoms with Crippen molar-refractivity contribution < 1.29 is 13.2 Å². The van der Waals surface area contributed by atoms with Gasteiger partial charge in [-0.25, -0.2) is 13.2 Å². The first-order chi connectivity index (χ1) is 5.95. The van der Waals surface area contributed by atoms with Gasteiger partial charge in [0.1, 0.15) is 0 Å². The Balaban J connectivity index is 2.68. The molecule has 0 radical (unpaired) electrons. The Kier molecular flexibility index (Phi) is 2.90. The Morgan fingerprint density at radius 1 is 1.46 bits per heavy atom.